The molecule has 1 amide bonds. The number of halogens is 6. The number of anilines is 1. The van der Waals surface area contributed by atoms with E-state index in [1.165, 1.54) is 4.90 Å². The van der Waals surface area contributed by atoms with Crippen molar-refractivity contribution in [2.24, 2.45) is 0 Å². The van der Waals surface area contributed by atoms with Crippen molar-refractivity contribution in [3.8, 4) is 11.5 Å². The fraction of sp³-hybridized carbons (Fsp3) is 0.364. The summed E-state index contributed by atoms with van der Waals surface area (Å²) < 4.78 is 80.0. The number of aromatic amines is 1. The Kier molecular flexibility index (Phi) is 6.12. The van der Waals surface area contributed by atoms with E-state index >= 15 is 0 Å². The normalized spacial score (nSPS) is 17.1. The Morgan fingerprint density at radius 2 is 1.84 bits per heavy atom. The molecular weight excluding hydrogens is 524 g/mol. The molecule has 1 saturated heterocycles. The van der Waals surface area contributed by atoms with E-state index in [9.17, 15) is 31.1 Å². The van der Waals surface area contributed by atoms with Crippen LogP contribution in [0.25, 0.3) is 22.6 Å². The molecule has 0 aliphatic carbocycles. The molecule has 0 radical (unpaired) electrons. The average molecular weight is 543 g/mol. The molecule has 0 spiro atoms. The number of amides is 1. The maximum atomic E-state index is 13.6. The second kappa shape index (κ2) is 9.04. The highest BCUT2D eigenvalue weighted by atomic mass is 32.1. The minimum absolute atomic E-state index is 0.0664. The van der Waals surface area contributed by atoms with Crippen LogP contribution in [0.5, 0.6) is 0 Å². The van der Waals surface area contributed by atoms with Crippen molar-refractivity contribution in [2.75, 3.05) is 24.5 Å². The SMILES string of the molecule is CC1CN(c2sc(C(F)(F)F)nc2-c2nc3ccccc3[nH]2)CCN1C(=O)Cn1ccc(C(F)(F)F)n1. The molecule has 1 atom stereocenters. The van der Waals surface area contributed by atoms with Gasteiger partial charge in [0, 0.05) is 31.9 Å². The zero-order chi connectivity index (χ0) is 26.5. The molecule has 4 heterocycles. The van der Waals surface area contributed by atoms with Gasteiger partial charge in [-0.1, -0.05) is 23.5 Å². The number of para-hydroxylation sites is 2. The number of carbonyl (C=O) groups is 1. The lowest BCUT2D eigenvalue weighted by Gasteiger charge is -2.40. The second-order valence-electron chi connectivity index (χ2n) is 8.55. The van der Waals surface area contributed by atoms with E-state index in [1.54, 1.807) is 36.1 Å². The average Bonchev–Trinajstić information content (AvgIpc) is 3.55. The summed E-state index contributed by atoms with van der Waals surface area (Å²) in [5.41, 5.74) is 0.209. The third kappa shape index (κ3) is 4.99. The lowest BCUT2D eigenvalue weighted by Crippen LogP contribution is -2.54. The van der Waals surface area contributed by atoms with Gasteiger partial charge in [0.25, 0.3) is 0 Å². The summed E-state index contributed by atoms with van der Waals surface area (Å²) in [6.07, 6.45) is -8.18. The summed E-state index contributed by atoms with van der Waals surface area (Å²) in [6, 6.07) is 7.39. The lowest BCUT2D eigenvalue weighted by atomic mass is 10.2. The number of aromatic nitrogens is 5. The molecule has 1 fully saturated rings. The summed E-state index contributed by atoms with van der Waals surface area (Å²) in [6.45, 7) is 1.90. The molecule has 15 heteroatoms. The Balaban J connectivity index is 1.36. The molecule has 1 unspecified atom stereocenters. The van der Waals surface area contributed by atoms with Crippen molar-refractivity contribution in [3.63, 3.8) is 0 Å². The monoisotopic (exact) mass is 543 g/mol. The summed E-state index contributed by atoms with van der Waals surface area (Å²) in [4.78, 5) is 27.3. The van der Waals surface area contributed by atoms with Gasteiger partial charge in [0.15, 0.2) is 11.5 Å². The van der Waals surface area contributed by atoms with Crippen molar-refractivity contribution < 1.29 is 31.1 Å². The van der Waals surface area contributed by atoms with E-state index in [2.05, 4.69) is 20.1 Å². The number of fused-ring (bicyclic) bond motifs is 1. The highest BCUT2D eigenvalue weighted by Gasteiger charge is 2.39. The zero-order valence-corrected chi connectivity index (χ0v) is 20.0. The van der Waals surface area contributed by atoms with Crippen molar-refractivity contribution in [3.05, 3.63) is 47.2 Å². The van der Waals surface area contributed by atoms with Crippen molar-refractivity contribution in [1.82, 2.24) is 29.6 Å². The maximum Gasteiger partial charge on any atom is 0.443 e. The number of rotatable bonds is 4. The van der Waals surface area contributed by atoms with Crippen molar-refractivity contribution in [1.29, 1.82) is 0 Å². The van der Waals surface area contributed by atoms with Crippen LogP contribution in [0.4, 0.5) is 31.3 Å². The Morgan fingerprint density at radius 3 is 2.49 bits per heavy atom. The molecule has 1 aliphatic rings. The first-order valence-electron chi connectivity index (χ1n) is 11.1. The topological polar surface area (TPSA) is 82.9 Å². The molecule has 3 aromatic heterocycles. The zero-order valence-electron chi connectivity index (χ0n) is 19.1. The van der Waals surface area contributed by atoms with Gasteiger partial charge in [-0.2, -0.15) is 31.4 Å². The number of hydrogen-bond acceptors (Lipinski definition) is 6. The van der Waals surface area contributed by atoms with E-state index in [4.69, 9.17) is 0 Å². The van der Waals surface area contributed by atoms with Gasteiger partial charge in [0.1, 0.15) is 17.2 Å². The first-order valence-corrected chi connectivity index (χ1v) is 11.9. The highest BCUT2D eigenvalue weighted by Crippen LogP contribution is 2.42. The number of piperazine rings is 1. The van der Waals surface area contributed by atoms with Crippen molar-refractivity contribution >= 4 is 33.3 Å². The molecule has 8 nitrogen and oxygen atoms in total. The van der Waals surface area contributed by atoms with Crippen LogP contribution in [0.2, 0.25) is 0 Å². The van der Waals surface area contributed by atoms with Gasteiger partial charge >= 0.3 is 12.4 Å². The quantitative estimate of drug-likeness (QED) is 0.379. The van der Waals surface area contributed by atoms with Crippen LogP contribution in [0.3, 0.4) is 0 Å². The summed E-state index contributed by atoms with van der Waals surface area (Å²) in [5, 5.41) is 2.66. The molecule has 5 rings (SSSR count). The molecule has 0 bridgehead atoms. The number of nitrogens with zero attached hydrogens (tertiary/aromatic N) is 6. The number of imidazole rings is 1. The first-order chi connectivity index (χ1) is 17.4. The van der Waals surface area contributed by atoms with Gasteiger partial charge in [-0.3, -0.25) is 9.48 Å². The second-order valence-corrected chi connectivity index (χ2v) is 9.53. The Hall–Kier alpha value is -3.62. The Labute approximate surface area is 209 Å². The van der Waals surface area contributed by atoms with Crippen LogP contribution in [0, 0.1) is 0 Å². The number of benzene rings is 1. The van der Waals surface area contributed by atoms with E-state index in [0.29, 0.717) is 22.4 Å². The van der Waals surface area contributed by atoms with E-state index in [1.807, 2.05) is 0 Å². The van der Waals surface area contributed by atoms with Crippen LogP contribution >= 0.6 is 11.3 Å². The number of thiazole rings is 1. The van der Waals surface area contributed by atoms with Gasteiger partial charge in [-0.05, 0) is 25.1 Å². The maximum absolute atomic E-state index is 13.6. The molecule has 196 valence electrons. The van der Waals surface area contributed by atoms with Gasteiger partial charge in [0.05, 0.1) is 11.0 Å². The number of nitrogens with one attached hydrogen (secondary N) is 1. The van der Waals surface area contributed by atoms with Gasteiger partial charge in [-0.25, -0.2) is 9.97 Å². The largest absolute Gasteiger partial charge is 0.443 e. The number of alkyl halides is 6. The molecular formula is C22H19F6N7OS. The highest BCUT2D eigenvalue weighted by molar-refractivity contribution is 7.16. The summed E-state index contributed by atoms with van der Waals surface area (Å²) in [7, 11) is 0. The smallest absolute Gasteiger partial charge is 0.358 e. The van der Waals surface area contributed by atoms with Gasteiger partial charge < -0.3 is 14.8 Å². The van der Waals surface area contributed by atoms with Gasteiger partial charge in [-0.15, -0.1) is 0 Å². The molecule has 0 saturated carbocycles. The predicted molar refractivity (Wildman–Crippen MR) is 123 cm³/mol. The number of hydrogen-bond donors (Lipinski definition) is 1. The van der Waals surface area contributed by atoms with Crippen molar-refractivity contribution in [2.45, 2.75) is 31.9 Å². The predicted octanol–water partition coefficient (Wildman–Crippen LogP) is 4.66. The number of carbonyl (C=O) groups excluding carboxylic acids is 1. The third-order valence-corrected chi connectivity index (χ3v) is 7.09. The molecule has 37 heavy (non-hydrogen) atoms. The molecule has 1 N–H and O–H groups in total. The van der Waals surface area contributed by atoms with Crippen LogP contribution in [-0.2, 0) is 23.7 Å². The molecule has 1 aliphatic heterocycles. The van der Waals surface area contributed by atoms with E-state index in [0.717, 1.165) is 16.9 Å². The summed E-state index contributed by atoms with van der Waals surface area (Å²) in [5.74, 6) is -0.241. The van der Waals surface area contributed by atoms with E-state index in [-0.39, 0.29) is 42.7 Å². The minimum atomic E-state index is -4.65. The third-order valence-electron chi connectivity index (χ3n) is 5.93. The van der Waals surface area contributed by atoms with Crippen LogP contribution < -0.4 is 4.90 Å². The Bertz CT molecular complexity index is 1410. The lowest BCUT2D eigenvalue weighted by molar-refractivity contribution is -0.142. The first kappa shape index (κ1) is 25.0. The van der Waals surface area contributed by atoms with Crippen LogP contribution in [0.1, 0.15) is 17.6 Å². The molecule has 1 aromatic carbocycles. The van der Waals surface area contributed by atoms with Crippen LogP contribution in [-0.4, -0.2) is 61.2 Å². The van der Waals surface area contributed by atoms with Gasteiger partial charge in [0.2, 0.25) is 10.9 Å². The minimum Gasteiger partial charge on any atom is -0.358 e. The van der Waals surface area contributed by atoms with Crippen LogP contribution in [0.15, 0.2) is 36.5 Å². The fourth-order valence-electron chi connectivity index (χ4n) is 4.21. The molecule has 4 aromatic rings. The fourth-order valence-corrected chi connectivity index (χ4v) is 5.18. The summed E-state index contributed by atoms with van der Waals surface area (Å²) >= 11 is 0.503. The standard InChI is InChI=1S/C22H19F6N7OS/c1-12-10-33(8-9-35(12)16(36)11-34-7-6-15(32-34)21(23,24)25)19-17(31-20(37-19)22(26,27)28)18-29-13-4-2-3-5-14(13)30-18/h2-7,12H,8-11H2,1H3,(H,29,30). The Morgan fingerprint density at radius 1 is 1.08 bits per heavy atom. The van der Waals surface area contributed by atoms with E-state index < -0.39 is 35.0 Å². The number of H-pyrrole nitrogens is 1.